The summed E-state index contributed by atoms with van der Waals surface area (Å²) >= 11 is 0. The molecule has 0 saturated heterocycles. The van der Waals surface area contributed by atoms with Crippen molar-refractivity contribution in [1.29, 1.82) is 0 Å². The SMILES string of the molecule is COCc1cccc(CNc2ccc(C(=O)OC)nn2)c1. The highest BCUT2D eigenvalue weighted by molar-refractivity contribution is 5.86. The molecule has 110 valence electrons. The molecule has 0 radical (unpaired) electrons. The third kappa shape index (κ3) is 4.25. The van der Waals surface area contributed by atoms with E-state index in [0.717, 1.165) is 11.1 Å². The number of aromatic nitrogens is 2. The fraction of sp³-hybridized carbons (Fsp3) is 0.267. The number of hydrogen-bond donors (Lipinski definition) is 1. The molecule has 6 heteroatoms. The highest BCUT2D eigenvalue weighted by Crippen LogP contribution is 2.09. The highest BCUT2D eigenvalue weighted by atomic mass is 16.5. The summed E-state index contributed by atoms with van der Waals surface area (Å²) in [5.74, 6) is 0.0983. The maximum atomic E-state index is 11.2. The molecule has 0 saturated carbocycles. The first-order valence-corrected chi connectivity index (χ1v) is 6.45. The lowest BCUT2D eigenvalue weighted by molar-refractivity contribution is 0.0593. The number of anilines is 1. The van der Waals surface area contributed by atoms with Crippen LogP contribution in [0.5, 0.6) is 0 Å². The Morgan fingerprint density at radius 3 is 2.62 bits per heavy atom. The molecule has 1 aromatic heterocycles. The third-order valence-corrected chi connectivity index (χ3v) is 2.84. The van der Waals surface area contributed by atoms with Gasteiger partial charge >= 0.3 is 5.97 Å². The van der Waals surface area contributed by atoms with Gasteiger partial charge in [-0.25, -0.2) is 4.79 Å². The zero-order chi connectivity index (χ0) is 15.1. The predicted molar refractivity (Wildman–Crippen MR) is 77.9 cm³/mol. The van der Waals surface area contributed by atoms with Gasteiger partial charge in [0.05, 0.1) is 13.7 Å². The molecule has 2 rings (SSSR count). The molecular weight excluding hydrogens is 270 g/mol. The van der Waals surface area contributed by atoms with E-state index in [-0.39, 0.29) is 5.69 Å². The Hall–Kier alpha value is -2.47. The number of carbonyl (C=O) groups excluding carboxylic acids is 1. The lowest BCUT2D eigenvalue weighted by Gasteiger charge is -2.07. The van der Waals surface area contributed by atoms with Crippen LogP contribution in [0.4, 0.5) is 5.82 Å². The van der Waals surface area contributed by atoms with Crippen molar-refractivity contribution in [2.24, 2.45) is 0 Å². The monoisotopic (exact) mass is 287 g/mol. The van der Waals surface area contributed by atoms with Crippen LogP contribution in [0.1, 0.15) is 21.6 Å². The second kappa shape index (κ2) is 7.35. The van der Waals surface area contributed by atoms with Crippen LogP contribution in [-0.4, -0.2) is 30.4 Å². The molecule has 0 spiro atoms. The minimum Gasteiger partial charge on any atom is -0.464 e. The Balaban J connectivity index is 1.96. The molecule has 0 aliphatic carbocycles. The molecule has 0 aliphatic rings. The summed E-state index contributed by atoms with van der Waals surface area (Å²) in [5.41, 5.74) is 2.41. The number of nitrogens with one attached hydrogen (secondary N) is 1. The van der Waals surface area contributed by atoms with Crippen LogP contribution >= 0.6 is 0 Å². The van der Waals surface area contributed by atoms with Gasteiger partial charge in [-0.1, -0.05) is 24.3 Å². The van der Waals surface area contributed by atoms with Crippen LogP contribution in [0.25, 0.3) is 0 Å². The molecular formula is C15H17N3O3. The molecule has 2 aromatic rings. The van der Waals surface area contributed by atoms with E-state index in [4.69, 9.17) is 4.74 Å². The fourth-order valence-corrected chi connectivity index (χ4v) is 1.83. The van der Waals surface area contributed by atoms with Crippen LogP contribution in [0, 0.1) is 0 Å². The maximum absolute atomic E-state index is 11.2. The van der Waals surface area contributed by atoms with Crippen molar-refractivity contribution in [2.75, 3.05) is 19.5 Å². The number of esters is 1. The van der Waals surface area contributed by atoms with Gasteiger partial charge in [0.2, 0.25) is 0 Å². The average molecular weight is 287 g/mol. The van der Waals surface area contributed by atoms with E-state index < -0.39 is 5.97 Å². The molecule has 0 aliphatic heterocycles. The van der Waals surface area contributed by atoms with Crippen LogP contribution < -0.4 is 5.32 Å². The Labute approximate surface area is 123 Å². The van der Waals surface area contributed by atoms with Gasteiger partial charge in [-0.2, -0.15) is 0 Å². The summed E-state index contributed by atoms with van der Waals surface area (Å²) in [4.78, 5) is 11.2. The van der Waals surface area contributed by atoms with Crippen LogP contribution in [0.3, 0.4) is 0 Å². The quantitative estimate of drug-likeness (QED) is 0.819. The van der Waals surface area contributed by atoms with Crippen molar-refractivity contribution >= 4 is 11.8 Å². The Bertz CT molecular complexity index is 599. The van der Waals surface area contributed by atoms with Crippen LogP contribution in [0.15, 0.2) is 36.4 Å². The molecule has 0 fully saturated rings. The second-order valence-electron chi connectivity index (χ2n) is 4.40. The average Bonchev–Trinajstić information content (AvgIpc) is 2.53. The smallest absolute Gasteiger partial charge is 0.358 e. The first-order valence-electron chi connectivity index (χ1n) is 6.45. The summed E-state index contributed by atoms with van der Waals surface area (Å²) in [5, 5.41) is 10.9. The van der Waals surface area contributed by atoms with Gasteiger partial charge in [0, 0.05) is 13.7 Å². The number of benzene rings is 1. The predicted octanol–water partition coefficient (Wildman–Crippen LogP) is 2.02. The van der Waals surface area contributed by atoms with Crippen molar-refractivity contribution < 1.29 is 14.3 Å². The van der Waals surface area contributed by atoms with Gasteiger partial charge < -0.3 is 14.8 Å². The molecule has 1 N–H and O–H groups in total. The second-order valence-corrected chi connectivity index (χ2v) is 4.40. The first kappa shape index (κ1) is 14.9. The van der Waals surface area contributed by atoms with E-state index in [1.807, 2.05) is 18.2 Å². The normalized spacial score (nSPS) is 10.2. The number of nitrogens with zero attached hydrogens (tertiary/aromatic N) is 2. The number of hydrogen-bond acceptors (Lipinski definition) is 6. The zero-order valence-electron chi connectivity index (χ0n) is 12.0. The molecule has 0 unspecified atom stereocenters. The summed E-state index contributed by atoms with van der Waals surface area (Å²) in [7, 11) is 2.98. The first-order chi connectivity index (χ1) is 10.2. The largest absolute Gasteiger partial charge is 0.464 e. The fourth-order valence-electron chi connectivity index (χ4n) is 1.83. The maximum Gasteiger partial charge on any atom is 0.358 e. The molecule has 1 heterocycles. The molecule has 1 aromatic carbocycles. The Morgan fingerprint density at radius 2 is 1.95 bits per heavy atom. The van der Waals surface area contributed by atoms with Crippen molar-refractivity contribution in [3.8, 4) is 0 Å². The van der Waals surface area contributed by atoms with Crippen molar-refractivity contribution in [3.05, 3.63) is 53.2 Å². The summed E-state index contributed by atoms with van der Waals surface area (Å²) in [6.07, 6.45) is 0. The zero-order valence-corrected chi connectivity index (χ0v) is 12.0. The third-order valence-electron chi connectivity index (χ3n) is 2.84. The van der Waals surface area contributed by atoms with Gasteiger partial charge in [0.1, 0.15) is 5.82 Å². The van der Waals surface area contributed by atoms with Gasteiger partial charge in [0.15, 0.2) is 5.69 Å². The van der Waals surface area contributed by atoms with Crippen LogP contribution in [-0.2, 0) is 22.6 Å². The standard InChI is InChI=1S/C15H17N3O3/c1-20-10-12-5-3-4-11(8-12)9-16-14-7-6-13(17-18-14)15(19)21-2/h3-8H,9-10H2,1-2H3,(H,16,18). The number of carbonyl (C=O) groups is 1. The van der Waals surface area contributed by atoms with Gasteiger partial charge in [0.25, 0.3) is 0 Å². The molecule has 21 heavy (non-hydrogen) atoms. The number of ether oxygens (including phenoxy) is 2. The van der Waals surface area contributed by atoms with Crippen molar-refractivity contribution in [3.63, 3.8) is 0 Å². The summed E-state index contributed by atoms with van der Waals surface area (Å²) < 4.78 is 9.67. The summed E-state index contributed by atoms with van der Waals surface area (Å²) in [6.45, 7) is 1.20. The van der Waals surface area contributed by atoms with E-state index in [1.54, 1.807) is 19.2 Å². The van der Waals surface area contributed by atoms with E-state index in [2.05, 4.69) is 26.3 Å². The van der Waals surface area contributed by atoms with Gasteiger partial charge in [-0.15, -0.1) is 10.2 Å². The van der Waals surface area contributed by atoms with E-state index in [0.29, 0.717) is 19.0 Å². The van der Waals surface area contributed by atoms with Crippen molar-refractivity contribution in [2.45, 2.75) is 13.2 Å². The summed E-state index contributed by atoms with van der Waals surface area (Å²) in [6, 6.07) is 11.3. The highest BCUT2D eigenvalue weighted by Gasteiger charge is 2.07. The van der Waals surface area contributed by atoms with Gasteiger partial charge in [-0.3, -0.25) is 0 Å². The Morgan fingerprint density at radius 1 is 1.14 bits per heavy atom. The minimum absolute atomic E-state index is 0.185. The van der Waals surface area contributed by atoms with Crippen molar-refractivity contribution in [1.82, 2.24) is 10.2 Å². The molecule has 0 atom stereocenters. The Kier molecular flexibility index (Phi) is 5.22. The topological polar surface area (TPSA) is 73.3 Å². The number of methoxy groups -OCH3 is 2. The van der Waals surface area contributed by atoms with E-state index in [1.165, 1.54) is 7.11 Å². The van der Waals surface area contributed by atoms with E-state index >= 15 is 0 Å². The lowest BCUT2D eigenvalue weighted by Crippen LogP contribution is -2.08. The molecule has 0 bridgehead atoms. The molecule has 6 nitrogen and oxygen atoms in total. The lowest BCUT2D eigenvalue weighted by atomic mass is 10.1. The van der Waals surface area contributed by atoms with Crippen LogP contribution in [0.2, 0.25) is 0 Å². The van der Waals surface area contributed by atoms with E-state index in [9.17, 15) is 4.79 Å². The van der Waals surface area contributed by atoms with Gasteiger partial charge in [-0.05, 0) is 23.3 Å². The number of rotatable bonds is 6. The molecule has 0 amide bonds. The minimum atomic E-state index is -0.499.